The number of hydrogen-bond donors (Lipinski definition) is 0. The standard InChI is InChI=1S/C19H15NO4/c1-12-5-3-4-6-15(12)18(21)14(10-20)7-13-8-16(22-2)19-17(9-13)23-11-24-19/h3-9H,11H2,1-2H3/b14-7+. The van der Waals surface area contributed by atoms with Crippen molar-refractivity contribution in [3.63, 3.8) is 0 Å². The average molecular weight is 321 g/mol. The SMILES string of the molecule is COc1cc(/C=C(\C#N)C(=O)c2ccccc2C)cc2c1OCO2. The zero-order valence-electron chi connectivity index (χ0n) is 13.3. The Labute approximate surface area is 139 Å². The lowest BCUT2D eigenvalue weighted by molar-refractivity contribution is 0.103. The number of allylic oxidation sites excluding steroid dienone is 1. The van der Waals surface area contributed by atoms with Crippen LogP contribution in [0.2, 0.25) is 0 Å². The molecule has 3 rings (SSSR count). The van der Waals surface area contributed by atoms with Crippen LogP contribution in [0.4, 0.5) is 0 Å². The summed E-state index contributed by atoms with van der Waals surface area (Å²) in [4.78, 5) is 12.6. The number of carbonyl (C=O) groups excluding carboxylic acids is 1. The van der Waals surface area contributed by atoms with Gasteiger partial charge in [0.1, 0.15) is 11.6 Å². The van der Waals surface area contributed by atoms with E-state index >= 15 is 0 Å². The van der Waals surface area contributed by atoms with Crippen LogP contribution in [0, 0.1) is 18.3 Å². The number of ketones is 1. The third-order valence-electron chi connectivity index (χ3n) is 3.75. The van der Waals surface area contributed by atoms with Gasteiger partial charge in [0.15, 0.2) is 11.5 Å². The second-order valence-corrected chi connectivity index (χ2v) is 5.27. The summed E-state index contributed by atoms with van der Waals surface area (Å²) in [5.41, 5.74) is 2.02. The van der Waals surface area contributed by atoms with Gasteiger partial charge in [-0.15, -0.1) is 0 Å². The van der Waals surface area contributed by atoms with Crippen molar-refractivity contribution < 1.29 is 19.0 Å². The summed E-state index contributed by atoms with van der Waals surface area (Å²) in [6, 6.07) is 12.6. The molecule has 0 amide bonds. The molecule has 0 radical (unpaired) electrons. The molecule has 0 unspecified atom stereocenters. The molecule has 0 atom stereocenters. The van der Waals surface area contributed by atoms with Crippen molar-refractivity contribution >= 4 is 11.9 Å². The summed E-state index contributed by atoms with van der Waals surface area (Å²) in [5, 5.41) is 9.40. The predicted molar refractivity (Wildman–Crippen MR) is 88.2 cm³/mol. The molecule has 0 spiro atoms. The lowest BCUT2D eigenvalue weighted by atomic mass is 9.98. The fourth-order valence-electron chi connectivity index (χ4n) is 2.52. The molecule has 120 valence electrons. The Morgan fingerprint density at radius 2 is 2.08 bits per heavy atom. The summed E-state index contributed by atoms with van der Waals surface area (Å²) < 4.78 is 16.0. The first-order chi connectivity index (χ1) is 11.6. The minimum Gasteiger partial charge on any atom is -0.493 e. The van der Waals surface area contributed by atoms with E-state index in [1.807, 2.05) is 25.1 Å². The molecule has 5 heteroatoms. The maximum atomic E-state index is 12.6. The minimum absolute atomic E-state index is 0.0465. The highest BCUT2D eigenvalue weighted by atomic mass is 16.7. The van der Waals surface area contributed by atoms with Crippen LogP contribution < -0.4 is 14.2 Å². The summed E-state index contributed by atoms with van der Waals surface area (Å²) in [6.45, 7) is 1.96. The van der Waals surface area contributed by atoms with Gasteiger partial charge < -0.3 is 14.2 Å². The van der Waals surface area contributed by atoms with Gasteiger partial charge in [0, 0.05) is 5.56 Å². The highest BCUT2D eigenvalue weighted by molar-refractivity contribution is 6.14. The molecule has 1 aliphatic heterocycles. The van der Waals surface area contributed by atoms with Crippen LogP contribution in [0.3, 0.4) is 0 Å². The van der Waals surface area contributed by atoms with E-state index in [0.717, 1.165) is 5.56 Å². The number of methoxy groups -OCH3 is 1. The largest absolute Gasteiger partial charge is 0.493 e. The van der Waals surface area contributed by atoms with Crippen molar-refractivity contribution in [2.24, 2.45) is 0 Å². The Morgan fingerprint density at radius 3 is 2.79 bits per heavy atom. The normalized spacial score (nSPS) is 12.6. The van der Waals surface area contributed by atoms with E-state index in [9.17, 15) is 10.1 Å². The number of fused-ring (bicyclic) bond motifs is 1. The fraction of sp³-hybridized carbons (Fsp3) is 0.158. The van der Waals surface area contributed by atoms with Crippen molar-refractivity contribution in [1.29, 1.82) is 5.26 Å². The van der Waals surface area contributed by atoms with E-state index in [2.05, 4.69) is 0 Å². The molecule has 1 heterocycles. The molecule has 2 aromatic rings. The van der Waals surface area contributed by atoms with Crippen LogP contribution in [0.1, 0.15) is 21.5 Å². The number of aryl methyl sites for hydroxylation is 1. The van der Waals surface area contributed by atoms with E-state index in [-0.39, 0.29) is 18.1 Å². The molecule has 0 N–H and O–H groups in total. The summed E-state index contributed by atoms with van der Waals surface area (Å²) >= 11 is 0. The average Bonchev–Trinajstić information content (AvgIpc) is 3.07. The predicted octanol–water partition coefficient (Wildman–Crippen LogP) is 3.52. The zero-order chi connectivity index (χ0) is 17.1. The van der Waals surface area contributed by atoms with Gasteiger partial charge in [0.2, 0.25) is 18.3 Å². The van der Waals surface area contributed by atoms with Crippen LogP contribution in [0.25, 0.3) is 6.08 Å². The maximum Gasteiger partial charge on any atom is 0.231 e. The summed E-state index contributed by atoms with van der Waals surface area (Å²) in [5.74, 6) is 1.24. The number of Topliss-reactive ketones (excluding diaryl/α,β-unsaturated/α-hetero) is 1. The van der Waals surface area contributed by atoms with Crippen molar-refractivity contribution in [3.8, 4) is 23.3 Å². The van der Waals surface area contributed by atoms with Gasteiger partial charge in [-0.1, -0.05) is 24.3 Å². The van der Waals surface area contributed by atoms with E-state index in [1.54, 1.807) is 24.3 Å². The molecular formula is C19H15NO4. The number of hydrogen-bond acceptors (Lipinski definition) is 5. The van der Waals surface area contributed by atoms with Crippen molar-refractivity contribution in [2.75, 3.05) is 13.9 Å². The van der Waals surface area contributed by atoms with Gasteiger partial charge in [-0.3, -0.25) is 4.79 Å². The quantitative estimate of drug-likeness (QED) is 0.489. The molecule has 0 fully saturated rings. The Balaban J connectivity index is 2.02. The van der Waals surface area contributed by atoms with Gasteiger partial charge >= 0.3 is 0 Å². The van der Waals surface area contributed by atoms with Crippen LogP contribution >= 0.6 is 0 Å². The summed E-state index contributed by atoms with van der Waals surface area (Å²) in [6.07, 6.45) is 1.53. The van der Waals surface area contributed by atoms with Crippen LogP contribution in [-0.4, -0.2) is 19.7 Å². The molecule has 2 aromatic carbocycles. The number of benzene rings is 2. The van der Waals surface area contributed by atoms with E-state index < -0.39 is 0 Å². The highest BCUT2D eigenvalue weighted by Gasteiger charge is 2.20. The van der Waals surface area contributed by atoms with Gasteiger partial charge in [-0.25, -0.2) is 0 Å². The number of carbonyl (C=O) groups is 1. The smallest absolute Gasteiger partial charge is 0.231 e. The van der Waals surface area contributed by atoms with Crippen LogP contribution in [0.5, 0.6) is 17.2 Å². The van der Waals surface area contributed by atoms with Crippen LogP contribution in [0.15, 0.2) is 42.0 Å². The zero-order valence-corrected chi connectivity index (χ0v) is 13.3. The number of rotatable bonds is 4. The highest BCUT2D eigenvalue weighted by Crippen LogP contribution is 2.42. The van der Waals surface area contributed by atoms with Crippen molar-refractivity contribution in [2.45, 2.75) is 6.92 Å². The van der Waals surface area contributed by atoms with Gasteiger partial charge in [0.05, 0.1) is 7.11 Å². The fourth-order valence-corrected chi connectivity index (χ4v) is 2.52. The number of nitrogens with zero attached hydrogens (tertiary/aromatic N) is 1. The first-order valence-corrected chi connectivity index (χ1v) is 7.34. The molecule has 0 saturated carbocycles. The number of ether oxygens (including phenoxy) is 3. The number of nitriles is 1. The molecule has 24 heavy (non-hydrogen) atoms. The molecule has 0 saturated heterocycles. The van der Waals surface area contributed by atoms with E-state index in [0.29, 0.717) is 28.4 Å². The van der Waals surface area contributed by atoms with Gasteiger partial charge in [0.25, 0.3) is 0 Å². The maximum absolute atomic E-state index is 12.6. The molecule has 1 aliphatic rings. The Morgan fingerprint density at radius 1 is 1.29 bits per heavy atom. The molecule has 0 aromatic heterocycles. The first-order valence-electron chi connectivity index (χ1n) is 7.34. The van der Waals surface area contributed by atoms with Crippen molar-refractivity contribution in [3.05, 3.63) is 58.7 Å². The van der Waals surface area contributed by atoms with E-state index in [4.69, 9.17) is 14.2 Å². The monoisotopic (exact) mass is 321 g/mol. The lowest BCUT2D eigenvalue weighted by Gasteiger charge is -2.07. The molecule has 5 nitrogen and oxygen atoms in total. The third kappa shape index (κ3) is 2.82. The Kier molecular flexibility index (Phi) is 4.21. The Bertz CT molecular complexity index is 877. The topological polar surface area (TPSA) is 68.5 Å². The second-order valence-electron chi connectivity index (χ2n) is 5.27. The van der Waals surface area contributed by atoms with Crippen molar-refractivity contribution in [1.82, 2.24) is 0 Å². The molecule has 0 aliphatic carbocycles. The van der Waals surface area contributed by atoms with Gasteiger partial charge in [-0.05, 0) is 36.3 Å². The molecular weight excluding hydrogens is 306 g/mol. The van der Waals surface area contributed by atoms with Crippen LogP contribution in [-0.2, 0) is 0 Å². The minimum atomic E-state index is -0.313. The Hall–Kier alpha value is -3.26. The van der Waals surface area contributed by atoms with Gasteiger partial charge in [-0.2, -0.15) is 5.26 Å². The third-order valence-corrected chi connectivity index (χ3v) is 3.75. The molecule has 0 bridgehead atoms. The lowest BCUT2D eigenvalue weighted by Crippen LogP contribution is -2.04. The second kappa shape index (κ2) is 6.47. The van der Waals surface area contributed by atoms with E-state index in [1.165, 1.54) is 13.2 Å². The summed E-state index contributed by atoms with van der Waals surface area (Å²) in [7, 11) is 1.52. The first kappa shape index (κ1) is 15.6.